The van der Waals surface area contributed by atoms with Gasteiger partial charge in [0.05, 0.1) is 25.3 Å². The third-order valence-corrected chi connectivity index (χ3v) is 5.72. The van der Waals surface area contributed by atoms with Gasteiger partial charge in [-0.1, -0.05) is 30.3 Å². The van der Waals surface area contributed by atoms with Crippen LogP contribution in [-0.2, 0) is 26.6 Å². The summed E-state index contributed by atoms with van der Waals surface area (Å²) in [7, 11) is 3.04. The van der Waals surface area contributed by atoms with Gasteiger partial charge in [-0.05, 0) is 47.3 Å². The van der Waals surface area contributed by atoms with Gasteiger partial charge in [-0.15, -0.1) is 0 Å². The van der Waals surface area contributed by atoms with Crippen molar-refractivity contribution in [1.82, 2.24) is 18.7 Å². The number of aryl methyl sites for hydroxylation is 2. The first-order chi connectivity index (χ1) is 15.4. The van der Waals surface area contributed by atoms with Crippen LogP contribution in [-0.4, -0.2) is 25.8 Å². The smallest absolute Gasteiger partial charge is 0.332 e. The maximum atomic E-state index is 13.0. The van der Waals surface area contributed by atoms with Crippen molar-refractivity contribution in [2.45, 2.75) is 19.5 Å². The molecule has 0 aliphatic rings. The van der Waals surface area contributed by atoms with E-state index in [1.54, 1.807) is 29.9 Å². The summed E-state index contributed by atoms with van der Waals surface area (Å²) < 4.78 is 9.23. The lowest BCUT2D eigenvalue weighted by Crippen LogP contribution is -2.39. The third-order valence-electron chi connectivity index (χ3n) is 5.43. The number of imidazole rings is 1. The summed E-state index contributed by atoms with van der Waals surface area (Å²) >= 11 is 6.40. The van der Waals surface area contributed by atoms with Gasteiger partial charge in [0.2, 0.25) is 5.28 Å². The van der Waals surface area contributed by atoms with Crippen LogP contribution in [0.25, 0.3) is 11.2 Å². The highest BCUT2D eigenvalue weighted by molar-refractivity contribution is 6.29. The number of aromatic nitrogens is 4. The zero-order chi connectivity index (χ0) is 22.8. The second-order valence-corrected chi connectivity index (χ2v) is 7.64. The molecule has 0 N–H and O–H groups in total. The van der Waals surface area contributed by atoms with Gasteiger partial charge in [0, 0.05) is 13.6 Å². The monoisotopic (exact) mass is 449 g/mol. The molecule has 0 saturated carbocycles. The SMILES string of the molecule is COc1ccc(CCn2c(=O)n(C)c(=O)c3c2nc(Cl)n3Cc2ccccc2C#N)cc1. The number of benzene rings is 2. The highest BCUT2D eigenvalue weighted by Crippen LogP contribution is 2.20. The van der Waals surface area contributed by atoms with Gasteiger partial charge in [0.1, 0.15) is 5.75 Å². The van der Waals surface area contributed by atoms with Gasteiger partial charge >= 0.3 is 5.69 Å². The van der Waals surface area contributed by atoms with E-state index in [-0.39, 0.29) is 23.0 Å². The molecule has 0 amide bonds. The minimum absolute atomic E-state index is 0.0774. The number of rotatable bonds is 6. The van der Waals surface area contributed by atoms with Gasteiger partial charge in [0.15, 0.2) is 11.2 Å². The number of ether oxygens (including phenoxy) is 1. The Morgan fingerprint density at radius 2 is 1.81 bits per heavy atom. The Labute approximate surface area is 188 Å². The molecule has 8 nitrogen and oxygen atoms in total. The standard InChI is InChI=1S/C23H20ClN5O3/c1-27-21(30)19-20(26-22(24)29(19)14-17-6-4-3-5-16(17)13-25)28(23(27)31)12-11-15-7-9-18(32-2)10-8-15/h3-10H,11-12,14H2,1-2H3. The molecule has 2 heterocycles. The second kappa shape index (κ2) is 8.73. The summed E-state index contributed by atoms with van der Waals surface area (Å²) in [5.41, 5.74) is 1.69. The molecule has 0 atom stereocenters. The lowest BCUT2D eigenvalue weighted by atomic mass is 10.1. The van der Waals surface area contributed by atoms with Crippen molar-refractivity contribution in [2.24, 2.45) is 7.05 Å². The number of nitrogens with zero attached hydrogens (tertiary/aromatic N) is 5. The molecule has 0 fully saturated rings. The highest BCUT2D eigenvalue weighted by Gasteiger charge is 2.20. The minimum atomic E-state index is -0.487. The van der Waals surface area contributed by atoms with Crippen LogP contribution in [0, 0.1) is 11.3 Å². The summed E-state index contributed by atoms with van der Waals surface area (Å²) in [6.07, 6.45) is 0.555. The molecule has 0 radical (unpaired) electrons. The van der Waals surface area contributed by atoms with Crippen LogP contribution < -0.4 is 16.0 Å². The quantitative estimate of drug-likeness (QED) is 0.422. The largest absolute Gasteiger partial charge is 0.497 e. The Bertz CT molecular complexity index is 1460. The number of nitriles is 1. The van der Waals surface area contributed by atoms with Crippen molar-refractivity contribution in [3.63, 3.8) is 0 Å². The molecule has 0 aliphatic carbocycles. The molecule has 9 heteroatoms. The van der Waals surface area contributed by atoms with E-state index in [1.807, 2.05) is 30.3 Å². The van der Waals surface area contributed by atoms with Crippen LogP contribution in [0.1, 0.15) is 16.7 Å². The predicted octanol–water partition coefficient (Wildman–Crippen LogP) is 2.72. The van der Waals surface area contributed by atoms with Gasteiger partial charge in [0.25, 0.3) is 5.56 Å². The highest BCUT2D eigenvalue weighted by atomic mass is 35.5. The molecule has 0 bridgehead atoms. The molecular weight excluding hydrogens is 430 g/mol. The van der Waals surface area contributed by atoms with Crippen LogP contribution in [0.5, 0.6) is 5.75 Å². The molecular formula is C23H20ClN5O3. The fourth-order valence-electron chi connectivity index (χ4n) is 3.65. The Balaban J connectivity index is 1.79. The van der Waals surface area contributed by atoms with Crippen LogP contribution in [0.2, 0.25) is 5.28 Å². The molecule has 2 aromatic heterocycles. The number of methoxy groups -OCH3 is 1. The van der Waals surface area contributed by atoms with Crippen molar-refractivity contribution < 1.29 is 4.74 Å². The molecule has 0 aliphatic heterocycles. The first kappa shape index (κ1) is 21.4. The lowest BCUT2D eigenvalue weighted by Gasteiger charge is -2.11. The number of halogens is 1. The Morgan fingerprint density at radius 3 is 2.50 bits per heavy atom. The average Bonchev–Trinajstić information content (AvgIpc) is 3.14. The van der Waals surface area contributed by atoms with E-state index in [2.05, 4.69) is 11.1 Å². The van der Waals surface area contributed by atoms with Gasteiger partial charge in [-0.3, -0.25) is 13.9 Å². The fraction of sp³-hybridized carbons (Fsp3) is 0.217. The van der Waals surface area contributed by atoms with Crippen molar-refractivity contribution in [1.29, 1.82) is 5.26 Å². The number of fused-ring (bicyclic) bond motifs is 1. The Kier molecular flexibility index (Phi) is 5.84. The summed E-state index contributed by atoms with van der Waals surface area (Å²) in [5, 5.41) is 9.47. The van der Waals surface area contributed by atoms with Gasteiger partial charge < -0.3 is 9.30 Å². The van der Waals surface area contributed by atoms with Crippen molar-refractivity contribution in [3.05, 3.63) is 91.3 Å². The van der Waals surface area contributed by atoms with Gasteiger partial charge in [-0.2, -0.15) is 10.2 Å². The molecule has 4 rings (SSSR count). The van der Waals surface area contributed by atoms with Crippen molar-refractivity contribution in [2.75, 3.05) is 7.11 Å². The minimum Gasteiger partial charge on any atom is -0.497 e. The predicted molar refractivity (Wildman–Crippen MR) is 121 cm³/mol. The zero-order valence-corrected chi connectivity index (χ0v) is 18.3. The van der Waals surface area contributed by atoms with Crippen LogP contribution in [0.3, 0.4) is 0 Å². The van der Waals surface area contributed by atoms with Gasteiger partial charge in [-0.25, -0.2) is 4.79 Å². The fourth-order valence-corrected chi connectivity index (χ4v) is 3.87. The van der Waals surface area contributed by atoms with E-state index in [9.17, 15) is 14.9 Å². The first-order valence-electron chi connectivity index (χ1n) is 9.91. The normalized spacial score (nSPS) is 10.9. The molecule has 32 heavy (non-hydrogen) atoms. The summed E-state index contributed by atoms with van der Waals surface area (Å²) in [6, 6.07) is 16.8. The van der Waals surface area contributed by atoms with Crippen molar-refractivity contribution in [3.8, 4) is 11.8 Å². The summed E-state index contributed by atoms with van der Waals surface area (Å²) in [6.45, 7) is 0.503. The van der Waals surface area contributed by atoms with E-state index < -0.39 is 11.2 Å². The van der Waals surface area contributed by atoms with E-state index in [4.69, 9.17) is 16.3 Å². The molecule has 2 aromatic carbocycles. The average molecular weight is 450 g/mol. The van der Waals surface area contributed by atoms with Crippen LogP contribution >= 0.6 is 11.6 Å². The third kappa shape index (κ3) is 3.79. The van der Waals surface area contributed by atoms with Crippen molar-refractivity contribution >= 4 is 22.8 Å². The van der Waals surface area contributed by atoms with E-state index in [1.165, 1.54) is 11.6 Å². The van der Waals surface area contributed by atoms with E-state index >= 15 is 0 Å². The molecule has 0 spiro atoms. The zero-order valence-electron chi connectivity index (χ0n) is 17.6. The number of hydrogen-bond acceptors (Lipinski definition) is 5. The molecule has 0 unspecified atom stereocenters. The maximum absolute atomic E-state index is 13.0. The second-order valence-electron chi connectivity index (χ2n) is 7.30. The molecule has 0 saturated heterocycles. The molecule has 4 aromatic rings. The van der Waals surface area contributed by atoms with Crippen LogP contribution in [0.4, 0.5) is 0 Å². The van der Waals surface area contributed by atoms with E-state index in [0.29, 0.717) is 24.1 Å². The summed E-state index contributed by atoms with van der Waals surface area (Å²) in [5.74, 6) is 0.749. The topological polar surface area (TPSA) is 94.8 Å². The first-order valence-corrected chi connectivity index (χ1v) is 10.3. The van der Waals surface area contributed by atoms with Crippen LogP contribution in [0.15, 0.2) is 58.1 Å². The number of hydrogen-bond donors (Lipinski definition) is 0. The maximum Gasteiger partial charge on any atom is 0.332 e. The Morgan fingerprint density at radius 1 is 1.09 bits per heavy atom. The Hall–Kier alpha value is -3.83. The van der Waals surface area contributed by atoms with E-state index in [0.717, 1.165) is 15.9 Å². The lowest BCUT2D eigenvalue weighted by molar-refractivity contribution is 0.414. The summed E-state index contributed by atoms with van der Waals surface area (Å²) in [4.78, 5) is 30.2. The molecule has 162 valence electrons.